The first-order chi connectivity index (χ1) is 10.5. The second-order valence-electron chi connectivity index (χ2n) is 5.48. The van der Waals surface area contributed by atoms with Crippen molar-refractivity contribution in [2.45, 2.75) is 32.4 Å². The molecule has 2 atom stereocenters. The first-order valence-corrected chi connectivity index (χ1v) is 8.05. The second kappa shape index (κ2) is 7.65. The zero-order valence-electron chi connectivity index (χ0n) is 12.6. The van der Waals surface area contributed by atoms with Gasteiger partial charge in [0.25, 0.3) is 0 Å². The Balaban J connectivity index is 1.91. The summed E-state index contributed by atoms with van der Waals surface area (Å²) < 4.78 is 13.9. The van der Waals surface area contributed by atoms with E-state index >= 15 is 0 Å². The fraction of sp³-hybridized carbons (Fsp3) is 0.278. The Hall–Kier alpha value is -1.52. The molecule has 2 unspecified atom stereocenters. The van der Waals surface area contributed by atoms with Gasteiger partial charge in [0.2, 0.25) is 0 Å². The monoisotopic (exact) mass is 363 g/mol. The third-order valence-corrected chi connectivity index (χ3v) is 4.09. The fourth-order valence-electron chi connectivity index (χ4n) is 2.37. The zero-order valence-corrected chi connectivity index (χ0v) is 14.2. The topological polar surface area (TPSA) is 29.1 Å². The number of carbonyl (C=O) groups is 1. The van der Waals surface area contributed by atoms with Crippen LogP contribution in [0.25, 0.3) is 0 Å². The molecule has 0 aliphatic carbocycles. The molecule has 0 bridgehead atoms. The number of Topliss-reactive ketones (excluding diaryl/α,β-unsaturated/α-hetero) is 1. The van der Waals surface area contributed by atoms with Crippen molar-refractivity contribution in [1.29, 1.82) is 0 Å². The van der Waals surface area contributed by atoms with E-state index in [0.29, 0.717) is 12.0 Å². The molecular formula is C18H19BrFNO. The molecule has 2 aromatic carbocycles. The van der Waals surface area contributed by atoms with Crippen LogP contribution in [0.2, 0.25) is 0 Å². The third kappa shape index (κ3) is 4.75. The normalized spacial score (nSPS) is 13.6. The zero-order chi connectivity index (χ0) is 16.1. The van der Waals surface area contributed by atoms with E-state index in [4.69, 9.17) is 0 Å². The van der Waals surface area contributed by atoms with Gasteiger partial charge in [0.05, 0.1) is 0 Å². The lowest BCUT2D eigenvalue weighted by Crippen LogP contribution is -2.31. The molecular weight excluding hydrogens is 345 g/mol. The lowest BCUT2D eigenvalue weighted by atomic mass is 10.0. The van der Waals surface area contributed by atoms with E-state index in [0.717, 1.165) is 4.47 Å². The molecule has 4 heteroatoms. The van der Waals surface area contributed by atoms with Gasteiger partial charge in [-0.2, -0.15) is 0 Å². The largest absolute Gasteiger partial charge is 0.307 e. The van der Waals surface area contributed by atoms with Crippen LogP contribution in [0.15, 0.2) is 53.0 Å². The predicted octanol–water partition coefficient (Wildman–Crippen LogP) is 4.90. The number of rotatable bonds is 6. The molecule has 116 valence electrons. The number of benzene rings is 2. The van der Waals surface area contributed by atoms with Gasteiger partial charge in [-0.25, -0.2) is 4.39 Å². The van der Waals surface area contributed by atoms with E-state index < -0.39 is 0 Å². The minimum atomic E-state index is -0.327. The summed E-state index contributed by atoms with van der Waals surface area (Å²) in [5.41, 5.74) is 1.72. The SMILES string of the molecule is CC(CC(=O)c1ccc(F)cc1)NC(C)c1ccc(Br)cc1. The summed E-state index contributed by atoms with van der Waals surface area (Å²) in [7, 11) is 0. The first kappa shape index (κ1) is 16.8. The van der Waals surface area contributed by atoms with Gasteiger partial charge in [-0.05, 0) is 55.8 Å². The molecule has 2 aromatic rings. The number of nitrogens with one attached hydrogen (secondary N) is 1. The summed E-state index contributed by atoms with van der Waals surface area (Å²) >= 11 is 3.42. The molecule has 0 saturated heterocycles. The lowest BCUT2D eigenvalue weighted by Gasteiger charge is -2.20. The van der Waals surface area contributed by atoms with Crippen LogP contribution in [0.4, 0.5) is 4.39 Å². The summed E-state index contributed by atoms with van der Waals surface area (Å²) in [6, 6.07) is 14.0. The highest BCUT2D eigenvalue weighted by molar-refractivity contribution is 9.10. The molecule has 0 radical (unpaired) electrons. The molecule has 0 saturated carbocycles. The fourth-order valence-corrected chi connectivity index (χ4v) is 2.63. The van der Waals surface area contributed by atoms with Crippen molar-refractivity contribution in [1.82, 2.24) is 5.32 Å². The Bertz CT molecular complexity index is 625. The molecule has 2 nitrogen and oxygen atoms in total. The van der Waals surface area contributed by atoms with Crippen LogP contribution in [-0.2, 0) is 0 Å². The molecule has 0 heterocycles. The highest BCUT2D eigenvalue weighted by Gasteiger charge is 2.14. The maximum Gasteiger partial charge on any atom is 0.164 e. The number of ketones is 1. The molecule has 0 spiro atoms. The molecule has 0 fully saturated rings. The van der Waals surface area contributed by atoms with Gasteiger partial charge in [-0.3, -0.25) is 4.79 Å². The van der Waals surface area contributed by atoms with E-state index in [1.165, 1.54) is 29.8 Å². The third-order valence-electron chi connectivity index (χ3n) is 3.56. The molecule has 0 aliphatic heterocycles. The van der Waals surface area contributed by atoms with Crippen molar-refractivity contribution in [3.05, 3.63) is 69.9 Å². The number of carbonyl (C=O) groups excluding carboxylic acids is 1. The van der Waals surface area contributed by atoms with Crippen molar-refractivity contribution < 1.29 is 9.18 Å². The molecule has 0 aliphatic rings. The Kier molecular flexibility index (Phi) is 5.86. The van der Waals surface area contributed by atoms with E-state index in [9.17, 15) is 9.18 Å². The minimum absolute atomic E-state index is 0.0167. The van der Waals surface area contributed by atoms with Crippen LogP contribution in [-0.4, -0.2) is 11.8 Å². The highest BCUT2D eigenvalue weighted by atomic mass is 79.9. The van der Waals surface area contributed by atoms with E-state index in [2.05, 4.69) is 40.3 Å². The van der Waals surface area contributed by atoms with Crippen molar-refractivity contribution in [2.75, 3.05) is 0 Å². The Morgan fingerprint density at radius 1 is 1.09 bits per heavy atom. The van der Waals surface area contributed by atoms with Crippen molar-refractivity contribution in [3.63, 3.8) is 0 Å². The summed E-state index contributed by atoms with van der Waals surface area (Å²) in [5, 5.41) is 3.42. The van der Waals surface area contributed by atoms with Gasteiger partial charge in [0, 0.05) is 28.5 Å². The minimum Gasteiger partial charge on any atom is -0.307 e. The van der Waals surface area contributed by atoms with Crippen molar-refractivity contribution >= 4 is 21.7 Å². The van der Waals surface area contributed by atoms with Crippen LogP contribution >= 0.6 is 15.9 Å². The van der Waals surface area contributed by atoms with Crippen molar-refractivity contribution in [2.24, 2.45) is 0 Å². The van der Waals surface area contributed by atoms with Crippen LogP contribution in [0.5, 0.6) is 0 Å². The molecule has 1 N–H and O–H groups in total. The van der Waals surface area contributed by atoms with E-state index in [-0.39, 0.29) is 23.7 Å². The van der Waals surface area contributed by atoms with Gasteiger partial charge in [-0.15, -0.1) is 0 Å². The lowest BCUT2D eigenvalue weighted by molar-refractivity contribution is 0.0970. The standard InChI is InChI=1S/C18H19BrFNO/c1-12(11-18(22)15-5-9-17(20)10-6-15)21-13(2)14-3-7-16(19)8-4-14/h3-10,12-13,21H,11H2,1-2H3. The smallest absolute Gasteiger partial charge is 0.164 e. The van der Waals surface area contributed by atoms with Gasteiger partial charge < -0.3 is 5.32 Å². The van der Waals surface area contributed by atoms with Gasteiger partial charge >= 0.3 is 0 Å². The van der Waals surface area contributed by atoms with Crippen LogP contribution < -0.4 is 5.32 Å². The van der Waals surface area contributed by atoms with Crippen molar-refractivity contribution in [3.8, 4) is 0 Å². The molecule has 2 rings (SSSR count). The predicted molar refractivity (Wildman–Crippen MR) is 90.5 cm³/mol. The van der Waals surface area contributed by atoms with Crippen LogP contribution in [0.3, 0.4) is 0 Å². The summed E-state index contributed by atoms with van der Waals surface area (Å²) in [6.45, 7) is 4.05. The average Bonchev–Trinajstić information content (AvgIpc) is 2.48. The summed E-state index contributed by atoms with van der Waals surface area (Å²) in [4.78, 5) is 12.2. The van der Waals surface area contributed by atoms with E-state index in [1.54, 1.807) is 0 Å². The number of hydrogen-bond acceptors (Lipinski definition) is 2. The number of hydrogen-bond donors (Lipinski definition) is 1. The summed E-state index contributed by atoms with van der Waals surface area (Å²) in [6.07, 6.45) is 0.381. The van der Waals surface area contributed by atoms with Crippen LogP contribution in [0.1, 0.15) is 42.2 Å². The molecule has 0 amide bonds. The highest BCUT2D eigenvalue weighted by Crippen LogP contribution is 2.18. The average molecular weight is 364 g/mol. The maximum atomic E-state index is 12.9. The van der Waals surface area contributed by atoms with Crippen LogP contribution in [0, 0.1) is 5.82 Å². The Morgan fingerprint density at radius 2 is 1.68 bits per heavy atom. The van der Waals surface area contributed by atoms with Gasteiger partial charge in [0.1, 0.15) is 5.82 Å². The Labute approximate surface area is 138 Å². The molecule has 0 aromatic heterocycles. The van der Waals surface area contributed by atoms with E-state index in [1.807, 2.05) is 19.1 Å². The molecule has 22 heavy (non-hydrogen) atoms. The number of halogens is 2. The first-order valence-electron chi connectivity index (χ1n) is 7.26. The maximum absolute atomic E-state index is 12.9. The van der Waals surface area contributed by atoms with Gasteiger partial charge in [0.15, 0.2) is 5.78 Å². The Morgan fingerprint density at radius 3 is 2.27 bits per heavy atom. The second-order valence-corrected chi connectivity index (χ2v) is 6.39. The van der Waals surface area contributed by atoms with Gasteiger partial charge in [-0.1, -0.05) is 28.1 Å². The summed E-state index contributed by atoms with van der Waals surface area (Å²) in [5.74, 6) is -0.311. The quantitative estimate of drug-likeness (QED) is 0.739.